The minimum atomic E-state index is -0.288. The van der Waals surface area contributed by atoms with Crippen LogP contribution < -0.4 is 0 Å². The molecule has 0 radical (unpaired) electrons. The van der Waals surface area contributed by atoms with Crippen molar-refractivity contribution in [1.29, 1.82) is 0 Å². The first-order valence-corrected chi connectivity index (χ1v) is 6.47. The number of methoxy groups -OCH3 is 1. The van der Waals surface area contributed by atoms with Gasteiger partial charge in [0.1, 0.15) is 10.3 Å². The van der Waals surface area contributed by atoms with Crippen molar-refractivity contribution in [3.8, 4) is 0 Å². The Bertz CT molecular complexity index is 586. The van der Waals surface area contributed by atoms with E-state index in [0.29, 0.717) is 0 Å². The van der Waals surface area contributed by atoms with Crippen molar-refractivity contribution in [2.24, 2.45) is 0 Å². The van der Waals surface area contributed by atoms with E-state index in [1.54, 1.807) is 6.92 Å². The van der Waals surface area contributed by atoms with Gasteiger partial charge in [0, 0.05) is 0 Å². The van der Waals surface area contributed by atoms with E-state index in [-0.39, 0.29) is 11.2 Å². The molecule has 0 amide bonds. The minimum absolute atomic E-state index is 0.255. The van der Waals surface area contributed by atoms with Gasteiger partial charge in [-0.25, -0.2) is 9.97 Å². The predicted octanol–water partition coefficient (Wildman–Crippen LogP) is 2.59. The van der Waals surface area contributed by atoms with E-state index in [1.165, 1.54) is 18.9 Å². The highest BCUT2D eigenvalue weighted by Gasteiger charge is 2.17. The quantitative estimate of drug-likeness (QED) is 0.628. The Hall–Kier alpha value is -1.62. The summed E-state index contributed by atoms with van der Waals surface area (Å²) in [5.41, 5.74) is 2.53. The van der Waals surface area contributed by atoms with Gasteiger partial charge in [-0.2, -0.15) is 0 Å². The number of nitrogens with zero attached hydrogens (tertiary/aromatic N) is 2. The number of fused-ring (bicyclic) bond motifs is 1. The molecule has 1 heterocycles. The fraction of sp³-hybridized carbons (Fsp3) is 0.308. The predicted molar refractivity (Wildman–Crippen MR) is 71.6 cm³/mol. The van der Waals surface area contributed by atoms with Crippen LogP contribution in [0.1, 0.15) is 12.6 Å². The van der Waals surface area contributed by atoms with Crippen LogP contribution in [0.4, 0.5) is 0 Å². The lowest BCUT2D eigenvalue weighted by Crippen LogP contribution is -2.15. The number of thioether (sulfide) groups is 1. The average Bonchev–Trinajstić information content (AvgIpc) is 2.38. The number of aryl methyl sites for hydroxylation is 1. The van der Waals surface area contributed by atoms with Gasteiger partial charge in [-0.05, 0) is 26.0 Å². The van der Waals surface area contributed by atoms with Crippen molar-refractivity contribution in [2.45, 2.75) is 24.1 Å². The van der Waals surface area contributed by atoms with Gasteiger partial charge in [0.2, 0.25) is 0 Å². The largest absolute Gasteiger partial charge is 0.468 e. The summed E-state index contributed by atoms with van der Waals surface area (Å²) < 4.78 is 4.70. The van der Waals surface area contributed by atoms with E-state index in [0.717, 1.165) is 21.8 Å². The molecule has 0 saturated carbocycles. The zero-order chi connectivity index (χ0) is 13.1. The molecular formula is C13H14N2O2S. The van der Waals surface area contributed by atoms with Crippen molar-refractivity contribution in [1.82, 2.24) is 9.97 Å². The molecule has 0 bridgehead atoms. The summed E-state index contributed by atoms with van der Waals surface area (Å²) >= 11 is 1.37. The maximum absolute atomic E-state index is 11.4. The summed E-state index contributed by atoms with van der Waals surface area (Å²) in [6, 6.07) is 7.69. The lowest BCUT2D eigenvalue weighted by molar-refractivity contribution is -0.139. The number of para-hydroxylation sites is 2. The van der Waals surface area contributed by atoms with E-state index < -0.39 is 0 Å². The molecule has 2 rings (SSSR count). The van der Waals surface area contributed by atoms with Crippen LogP contribution in [0.5, 0.6) is 0 Å². The topological polar surface area (TPSA) is 52.1 Å². The molecule has 94 valence electrons. The average molecular weight is 262 g/mol. The Morgan fingerprint density at radius 2 is 1.89 bits per heavy atom. The van der Waals surface area contributed by atoms with Crippen LogP contribution in [-0.4, -0.2) is 28.3 Å². The summed E-state index contributed by atoms with van der Waals surface area (Å²) in [5, 5.41) is 0.482. The third-order valence-corrected chi connectivity index (χ3v) is 3.68. The summed E-state index contributed by atoms with van der Waals surface area (Å²) in [6.45, 7) is 3.69. The van der Waals surface area contributed by atoms with Crippen LogP contribution in [0, 0.1) is 6.92 Å². The molecule has 0 aliphatic heterocycles. The molecular weight excluding hydrogens is 248 g/mol. The second-order valence-electron chi connectivity index (χ2n) is 3.89. The number of carbonyl (C=O) groups is 1. The number of benzene rings is 1. The Balaban J connectivity index is 2.33. The Kier molecular flexibility index (Phi) is 3.81. The molecule has 1 aromatic heterocycles. The number of rotatable bonds is 3. The van der Waals surface area contributed by atoms with Gasteiger partial charge in [-0.3, -0.25) is 4.79 Å². The molecule has 0 aliphatic rings. The lowest BCUT2D eigenvalue weighted by atomic mass is 10.3. The molecule has 0 aliphatic carbocycles. The molecule has 2 aromatic rings. The second-order valence-corrected chi connectivity index (χ2v) is 5.22. The third kappa shape index (κ3) is 2.61. The molecule has 0 fully saturated rings. The van der Waals surface area contributed by atoms with Crippen LogP contribution in [0.3, 0.4) is 0 Å². The molecule has 0 saturated heterocycles. The fourth-order valence-electron chi connectivity index (χ4n) is 1.57. The molecule has 1 atom stereocenters. The lowest BCUT2D eigenvalue weighted by Gasteiger charge is -2.10. The Labute approximate surface area is 110 Å². The van der Waals surface area contributed by atoms with E-state index >= 15 is 0 Å². The second kappa shape index (κ2) is 5.35. The fourth-order valence-corrected chi connectivity index (χ4v) is 2.46. The normalized spacial score (nSPS) is 12.4. The van der Waals surface area contributed by atoms with Gasteiger partial charge in [0.15, 0.2) is 0 Å². The number of ether oxygens (including phenoxy) is 1. The van der Waals surface area contributed by atoms with Crippen molar-refractivity contribution in [3.63, 3.8) is 0 Å². The zero-order valence-corrected chi connectivity index (χ0v) is 11.3. The van der Waals surface area contributed by atoms with E-state index in [9.17, 15) is 4.79 Å². The highest BCUT2D eigenvalue weighted by molar-refractivity contribution is 8.00. The van der Waals surface area contributed by atoms with Crippen LogP contribution in [0.2, 0.25) is 0 Å². The first kappa shape index (κ1) is 12.8. The van der Waals surface area contributed by atoms with Gasteiger partial charge in [0.25, 0.3) is 0 Å². The molecule has 4 nitrogen and oxygen atoms in total. The molecule has 18 heavy (non-hydrogen) atoms. The maximum atomic E-state index is 11.4. The maximum Gasteiger partial charge on any atom is 0.318 e. The molecule has 0 spiro atoms. The van der Waals surface area contributed by atoms with Crippen molar-refractivity contribution in [3.05, 3.63) is 30.0 Å². The van der Waals surface area contributed by atoms with Crippen molar-refractivity contribution < 1.29 is 9.53 Å². The highest BCUT2D eigenvalue weighted by atomic mass is 32.2. The standard InChI is InChI=1S/C13H14N2O2S/c1-8-12(18-9(2)13(16)17-3)15-11-7-5-4-6-10(11)14-8/h4-7,9H,1-3H3. The molecule has 1 unspecified atom stereocenters. The SMILES string of the molecule is COC(=O)C(C)Sc1nc2ccccc2nc1C. The summed E-state index contributed by atoms with van der Waals surface area (Å²) in [4.78, 5) is 20.4. The van der Waals surface area contributed by atoms with E-state index in [1.807, 2.05) is 31.2 Å². The van der Waals surface area contributed by atoms with Crippen molar-refractivity contribution in [2.75, 3.05) is 7.11 Å². The van der Waals surface area contributed by atoms with Gasteiger partial charge >= 0.3 is 5.97 Å². The molecule has 0 N–H and O–H groups in total. The number of esters is 1. The van der Waals surface area contributed by atoms with Gasteiger partial charge in [0.05, 0.1) is 23.8 Å². The first-order chi connectivity index (χ1) is 8.61. The number of hydrogen-bond acceptors (Lipinski definition) is 5. The number of hydrogen-bond donors (Lipinski definition) is 0. The summed E-state index contributed by atoms with van der Waals surface area (Å²) in [6.07, 6.45) is 0. The van der Waals surface area contributed by atoms with Crippen LogP contribution >= 0.6 is 11.8 Å². The first-order valence-electron chi connectivity index (χ1n) is 5.59. The van der Waals surface area contributed by atoms with Crippen LogP contribution in [0.15, 0.2) is 29.3 Å². The minimum Gasteiger partial charge on any atom is -0.468 e. The van der Waals surface area contributed by atoms with Gasteiger partial charge < -0.3 is 4.74 Å². The van der Waals surface area contributed by atoms with Crippen LogP contribution in [0.25, 0.3) is 11.0 Å². The van der Waals surface area contributed by atoms with E-state index in [2.05, 4.69) is 9.97 Å². The third-order valence-electron chi connectivity index (χ3n) is 2.52. The monoisotopic (exact) mass is 262 g/mol. The van der Waals surface area contributed by atoms with Crippen molar-refractivity contribution >= 4 is 28.8 Å². The zero-order valence-electron chi connectivity index (χ0n) is 10.5. The number of carbonyl (C=O) groups excluding carboxylic acids is 1. The van der Waals surface area contributed by atoms with Crippen LogP contribution in [-0.2, 0) is 9.53 Å². The van der Waals surface area contributed by atoms with Gasteiger partial charge in [-0.1, -0.05) is 23.9 Å². The Morgan fingerprint density at radius 3 is 2.50 bits per heavy atom. The summed E-state index contributed by atoms with van der Waals surface area (Å²) in [5.74, 6) is -0.255. The van der Waals surface area contributed by atoms with Gasteiger partial charge in [-0.15, -0.1) is 0 Å². The van der Waals surface area contributed by atoms with E-state index in [4.69, 9.17) is 4.74 Å². The molecule has 5 heteroatoms. The Morgan fingerprint density at radius 1 is 1.28 bits per heavy atom. The highest BCUT2D eigenvalue weighted by Crippen LogP contribution is 2.26. The number of aromatic nitrogens is 2. The summed E-state index contributed by atoms with van der Waals surface area (Å²) in [7, 11) is 1.39. The molecule has 1 aromatic carbocycles. The smallest absolute Gasteiger partial charge is 0.318 e.